The number of nitrogens with zero attached hydrogens (tertiary/aromatic N) is 1. The number of carboxylic acids is 1. The summed E-state index contributed by atoms with van der Waals surface area (Å²) in [6, 6.07) is 14.6. The van der Waals surface area contributed by atoms with Crippen molar-refractivity contribution < 1.29 is 29.0 Å². The van der Waals surface area contributed by atoms with Crippen molar-refractivity contribution in [3.05, 3.63) is 65.7 Å². The van der Waals surface area contributed by atoms with Gasteiger partial charge in [-0.15, -0.1) is 0 Å². The first-order valence-corrected chi connectivity index (χ1v) is 11.4. The Bertz CT molecular complexity index is 1140. The zero-order chi connectivity index (χ0) is 25.2. The van der Waals surface area contributed by atoms with E-state index in [0.717, 1.165) is 10.5 Å². The van der Waals surface area contributed by atoms with Crippen LogP contribution in [0.3, 0.4) is 0 Å². The van der Waals surface area contributed by atoms with E-state index in [1.54, 1.807) is 24.3 Å². The molecule has 2 fully saturated rings. The van der Waals surface area contributed by atoms with Gasteiger partial charge in [-0.1, -0.05) is 48.5 Å². The maximum Gasteiger partial charge on any atom is 0.324 e. The molecule has 35 heavy (non-hydrogen) atoms. The second-order valence-corrected chi connectivity index (χ2v) is 8.79. The molecule has 2 heterocycles. The van der Waals surface area contributed by atoms with Gasteiger partial charge in [0.15, 0.2) is 0 Å². The summed E-state index contributed by atoms with van der Waals surface area (Å²) in [5, 5.41) is 16.0. The lowest BCUT2D eigenvalue weighted by atomic mass is 9.77. The second kappa shape index (κ2) is 9.75. The molecule has 10 heteroatoms. The first-order chi connectivity index (χ1) is 16.8. The minimum atomic E-state index is -1.71. The van der Waals surface area contributed by atoms with Gasteiger partial charge in [0.1, 0.15) is 11.3 Å². The highest BCUT2D eigenvalue weighted by Crippen LogP contribution is 2.52. The highest BCUT2D eigenvalue weighted by Gasteiger charge is 2.68. The van der Waals surface area contributed by atoms with Gasteiger partial charge in [-0.05, 0) is 24.5 Å². The fourth-order valence-electron chi connectivity index (χ4n) is 5.29. The number of carboxylic acid groups (broad SMARTS) is 1. The van der Waals surface area contributed by atoms with Crippen molar-refractivity contribution in [3.63, 3.8) is 0 Å². The van der Waals surface area contributed by atoms with Crippen molar-refractivity contribution in [1.82, 2.24) is 15.5 Å². The van der Waals surface area contributed by atoms with Crippen LogP contribution in [0.25, 0.3) is 0 Å². The molecular formula is C25H28N4O6. The van der Waals surface area contributed by atoms with E-state index >= 15 is 0 Å². The Morgan fingerprint density at radius 2 is 1.80 bits per heavy atom. The summed E-state index contributed by atoms with van der Waals surface area (Å²) in [6.07, 6.45) is 0.248. The lowest BCUT2D eigenvalue weighted by Crippen LogP contribution is -2.56. The van der Waals surface area contributed by atoms with E-state index in [9.17, 15) is 24.3 Å². The van der Waals surface area contributed by atoms with E-state index in [0.29, 0.717) is 11.3 Å². The first-order valence-electron chi connectivity index (χ1n) is 11.4. The number of nitrogens with one attached hydrogen (secondary N) is 2. The number of para-hydroxylation sites is 1. The number of rotatable bonds is 9. The maximum absolute atomic E-state index is 13.7. The summed E-state index contributed by atoms with van der Waals surface area (Å²) in [6.45, 7) is 0.196. The molecule has 184 valence electrons. The van der Waals surface area contributed by atoms with Crippen LogP contribution < -0.4 is 21.1 Å². The fourth-order valence-corrected chi connectivity index (χ4v) is 5.29. The second-order valence-electron chi connectivity index (χ2n) is 8.79. The van der Waals surface area contributed by atoms with Crippen molar-refractivity contribution in [2.75, 3.05) is 13.7 Å². The number of likely N-dealkylation sites (tertiary alicyclic amines) is 1. The molecule has 4 unspecified atom stereocenters. The first kappa shape index (κ1) is 24.2. The van der Waals surface area contributed by atoms with Gasteiger partial charge in [0.2, 0.25) is 11.8 Å². The van der Waals surface area contributed by atoms with E-state index in [4.69, 9.17) is 10.5 Å². The molecule has 2 aromatic rings. The Balaban J connectivity index is 1.75. The van der Waals surface area contributed by atoms with Gasteiger partial charge < -0.3 is 20.9 Å². The molecule has 2 saturated heterocycles. The molecular weight excluding hydrogens is 452 g/mol. The van der Waals surface area contributed by atoms with Crippen LogP contribution >= 0.6 is 0 Å². The van der Waals surface area contributed by atoms with Gasteiger partial charge in [-0.3, -0.25) is 24.6 Å². The number of carbonyl (C=O) groups is 4. The molecule has 0 spiro atoms. The number of hydrogen-bond donors (Lipinski definition) is 4. The molecule has 2 aliphatic heterocycles. The number of carbonyl (C=O) groups excluding carboxylic acids is 3. The molecule has 0 saturated carbocycles. The van der Waals surface area contributed by atoms with Gasteiger partial charge in [-0.2, -0.15) is 0 Å². The third-order valence-corrected chi connectivity index (χ3v) is 6.83. The average Bonchev–Trinajstić information content (AvgIpc) is 3.32. The number of ether oxygens (including phenoxy) is 1. The Kier molecular flexibility index (Phi) is 6.74. The van der Waals surface area contributed by atoms with E-state index in [-0.39, 0.29) is 25.9 Å². The minimum absolute atomic E-state index is 0.00757. The van der Waals surface area contributed by atoms with Gasteiger partial charge >= 0.3 is 12.0 Å². The van der Waals surface area contributed by atoms with Crippen LogP contribution in [0.2, 0.25) is 0 Å². The van der Waals surface area contributed by atoms with Gasteiger partial charge in [0.05, 0.1) is 25.5 Å². The molecule has 4 rings (SSSR count). The molecule has 0 aliphatic carbocycles. The predicted molar refractivity (Wildman–Crippen MR) is 125 cm³/mol. The van der Waals surface area contributed by atoms with Crippen LogP contribution in [0.15, 0.2) is 54.6 Å². The fraction of sp³-hybridized carbons (Fsp3) is 0.360. The van der Waals surface area contributed by atoms with E-state index in [2.05, 4.69) is 10.6 Å². The summed E-state index contributed by atoms with van der Waals surface area (Å²) >= 11 is 0. The summed E-state index contributed by atoms with van der Waals surface area (Å²) in [7, 11) is 1.49. The number of amides is 4. The molecule has 2 aliphatic rings. The summed E-state index contributed by atoms with van der Waals surface area (Å²) in [4.78, 5) is 52.3. The largest absolute Gasteiger partial charge is 0.496 e. The topological polar surface area (TPSA) is 151 Å². The lowest BCUT2D eigenvalue weighted by molar-refractivity contribution is -0.152. The lowest BCUT2D eigenvalue weighted by Gasteiger charge is -2.31. The number of aliphatic carboxylic acids is 1. The van der Waals surface area contributed by atoms with Crippen molar-refractivity contribution in [3.8, 4) is 5.75 Å². The zero-order valence-corrected chi connectivity index (χ0v) is 19.3. The number of methoxy groups -OCH3 is 1. The van der Waals surface area contributed by atoms with Crippen LogP contribution in [-0.4, -0.2) is 53.0 Å². The van der Waals surface area contributed by atoms with Crippen molar-refractivity contribution >= 4 is 23.8 Å². The van der Waals surface area contributed by atoms with Crippen LogP contribution in [-0.2, 0) is 20.9 Å². The van der Waals surface area contributed by atoms with Crippen LogP contribution in [0.5, 0.6) is 5.75 Å². The minimum Gasteiger partial charge on any atom is -0.496 e. The molecule has 4 atom stereocenters. The summed E-state index contributed by atoms with van der Waals surface area (Å²) < 4.78 is 5.49. The highest BCUT2D eigenvalue weighted by molar-refractivity contribution is 6.09. The van der Waals surface area contributed by atoms with Crippen LogP contribution in [0.4, 0.5) is 4.79 Å². The third kappa shape index (κ3) is 4.32. The predicted octanol–water partition coefficient (Wildman–Crippen LogP) is 1.41. The van der Waals surface area contributed by atoms with E-state index in [1.165, 1.54) is 7.11 Å². The molecule has 0 aromatic heterocycles. The number of benzene rings is 2. The van der Waals surface area contributed by atoms with E-state index < -0.39 is 47.2 Å². The van der Waals surface area contributed by atoms with E-state index in [1.807, 2.05) is 30.3 Å². The Labute approximate surface area is 202 Å². The molecule has 10 nitrogen and oxygen atoms in total. The number of nitrogens with two attached hydrogens (primary N) is 1. The van der Waals surface area contributed by atoms with Gasteiger partial charge in [0, 0.05) is 18.2 Å². The molecule has 4 amide bonds. The zero-order valence-electron chi connectivity index (χ0n) is 19.3. The van der Waals surface area contributed by atoms with Crippen molar-refractivity contribution in [2.24, 2.45) is 17.6 Å². The molecule has 5 N–H and O–H groups in total. The Hall–Kier alpha value is -3.92. The van der Waals surface area contributed by atoms with Crippen molar-refractivity contribution in [1.29, 1.82) is 0 Å². The SMILES string of the molecule is COc1ccccc1C1NC(CCCNC(N)=O)(C(=O)O)C2C(=O)N(Cc3ccccc3)C(=O)C12. The third-order valence-electron chi connectivity index (χ3n) is 6.83. The molecule has 2 aromatic carbocycles. The number of hydrogen-bond acceptors (Lipinski definition) is 6. The number of imide groups is 1. The van der Waals surface area contributed by atoms with Gasteiger partial charge in [-0.25, -0.2) is 4.79 Å². The summed E-state index contributed by atoms with van der Waals surface area (Å²) in [5.41, 5.74) is 4.78. The number of primary amides is 1. The van der Waals surface area contributed by atoms with Crippen LogP contribution in [0, 0.1) is 11.8 Å². The van der Waals surface area contributed by atoms with Crippen molar-refractivity contribution in [2.45, 2.75) is 31.0 Å². The van der Waals surface area contributed by atoms with Gasteiger partial charge in [0.25, 0.3) is 0 Å². The Morgan fingerprint density at radius 3 is 2.46 bits per heavy atom. The highest BCUT2D eigenvalue weighted by atomic mass is 16.5. The smallest absolute Gasteiger partial charge is 0.324 e. The standard InChI is InChI=1S/C25H28N4O6/c1-35-17-11-6-5-10-16(17)20-18-19(25(28-20,23(32)33)12-7-13-27-24(26)34)22(31)29(21(18)30)14-15-8-3-2-4-9-15/h2-6,8-11,18-20,28H,7,12-14H2,1H3,(H,32,33)(H3,26,27,34). The quantitative estimate of drug-likeness (QED) is 0.313. The summed E-state index contributed by atoms with van der Waals surface area (Å²) in [5.74, 6) is -3.75. The van der Waals surface area contributed by atoms with Crippen LogP contribution in [0.1, 0.15) is 30.0 Å². The molecule has 0 bridgehead atoms. The number of fused-ring (bicyclic) bond motifs is 1. The normalized spacial score (nSPS) is 25.4. The maximum atomic E-state index is 13.7. The number of urea groups is 1. The average molecular weight is 481 g/mol. The molecule has 0 radical (unpaired) electrons. The monoisotopic (exact) mass is 480 g/mol. The Morgan fingerprint density at radius 1 is 1.11 bits per heavy atom.